The molecular weight excluding hydrogens is 280 g/mol. The minimum absolute atomic E-state index is 0.110. The Labute approximate surface area is 132 Å². The van der Waals surface area contributed by atoms with Crippen LogP contribution in [0, 0.1) is 5.41 Å². The van der Waals surface area contributed by atoms with E-state index in [9.17, 15) is 4.79 Å². The average molecular weight is 306 g/mol. The molecule has 1 aliphatic heterocycles. The lowest BCUT2D eigenvalue weighted by Crippen LogP contribution is -2.37. The summed E-state index contributed by atoms with van der Waals surface area (Å²) in [5.74, 6) is 0.878. The standard InChI is InChI=1S/C18H26O4/c1-18(2)12-21-17(22-13-18)10-5-4-9-16(19)14-7-6-8-15(11-14)20-3/h6-8,11,17H,4-5,9-10,12-13H2,1-3H3. The molecule has 1 aliphatic rings. The quantitative estimate of drug-likeness (QED) is 0.567. The normalized spacial score (nSPS) is 18.1. The Morgan fingerprint density at radius 3 is 2.68 bits per heavy atom. The van der Waals surface area contributed by atoms with Gasteiger partial charge in [0, 0.05) is 17.4 Å². The van der Waals surface area contributed by atoms with Crippen LogP contribution in [0.15, 0.2) is 24.3 Å². The van der Waals surface area contributed by atoms with Crippen molar-refractivity contribution in [2.75, 3.05) is 20.3 Å². The molecule has 1 aromatic rings. The van der Waals surface area contributed by atoms with E-state index in [2.05, 4.69) is 13.8 Å². The zero-order valence-electron chi connectivity index (χ0n) is 13.8. The molecule has 0 unspecified atom stereocenters. The van der Waals surface area contributed by atoms with Crippen LogP contribution in [0.5, 0.6) is 5.75 Å². The van der Waals surface area contributed by atoms with E-state index in [4.69, 9.17) is 14.2 Å². The number of unbranched alkanes of at least 4 members (excludes halogenated alkanes) is 1. The van der Waals surface area contributed by atoms with Gasteiger partial charge in [-0.1, -0.05) is 26.0 Å². The predicted octanol–water partition coefficient (Wildman–Crippen LogP) is 3.84. The molecule has 4 nitrogen and oxygen atoms in total. The number of hydrogen-bond acceptors (Lipinski definition) is 4. The Morgan fingerprint density at radius 2 is 2.00 bits per heavy atom. The molecule has 0 atom stereocenters. The SMILES string of the molecule is COc1cccc(C(=O)CCCCC2OCC(C)(C)CO2)c1. The maximum absolute atomic E-state index is 12.1. The third-order valence-corrected chi connectivity index (χ3v) is 3.81. The number of benzene rings is 1. The molecule has 0 aliphatic carbocycles. The lowest BCUT2D eigenvalue weighted by Gasteiger charge is -2.34. The molecule has 1 aromatic carbocycles. The first-order chi connectivity index (χ1) is 10.5. The van der Waals surface area contributed by atoms with Gasteiger partial charge < -0.3 is 14.2 Å². The first-order valence-corrected chi connectivity index (χ1v) is 7.91. The van der Waals surface area contributed by atoms with Crippen LogP contribution in [0.2, 0.25) is 0 Å². The van der Waals surface area contributed by atoms with Gasteiger partial charge in [-0.15, -0.1) is 0 Å². The van der Waals surface area contributed by atoms with Gasteiger partial charge in [0.25, 0.3) is 0 Å². The van der Waals surface area contributed by atoms with Crippen molar-refractivity contribution in [3.63, 3.8) is 0 Å². The minimum Gasteiger partial charge on any atom is -0.497 e. The fourth-order valence-corrected chi connectivity index (χ4v) is 2.43. The fraction of sp³-hybridized carbons (Fsp3) is 0.611. The fourth-order valence-electron chi connectivity index (χ4n) is 2.43. The van der Waals surface area contributed by atoms with Crippen LogP contribution < -0.4 is 4.74 Å². The summed E-state index contributed by atoms with van der Waals surface area (Å²) in [4.78, 5) is 12.1. The summed E-state index contributed by atoms with van der Waals surface area (Å²) in [6, 6.07) is 7.31. The predicted molar refractivity (Wildman–Crippen MR) is 85.3 cm³/mol. The highest BCUT2D eigenvalue weighted by molar-refractivity contribution is 5.96. The molecule has 2 rings (SSSR count). The summed E-state index contributed by atoms with van der Waals surface area (Å²) in [6.07, 6.45) is 3.07. The van der Waals surface area contributed by atoms with Crippen LogP contribution in [-0.2, 0) is 9.47 Å². The highest BCUT2D eigenvalue weighted by Crippen LogP contribution is 2.25. The van der Waals surface area contributed by atoms with Crippen molar-refractivity contribution < 1.29 is 19.0 Å². The molecule has 0 saturated carbocycles. The lowest BCUT2D eigenvalue weighted by atomic mass is 9.95. The number of ketones is 1. The van der Waals surface area contributed by atoms with Crippen LogP contribution in [0.4, 0.5) is 0 Å². The van der Waals surface area contributed by atoms with Crippen molar-refractivity contribution in [1.82, 2.24) is 0 Å². The molecule has 0 radical (unpaired) electrons. The second kappa shape index (κ2) is 7.75. The minimum atomic E-state index is -0.111. The number of carbonyl (C=O) groups is 1. The monoisotopic (exact) mass is 306 g/mol. The summed E-state index contributed by atoms with van der Waals surface area (Å²) < 4.78 is 16.5. The van der Waals surface area contributed by atoms with Crippen LogP contribution in [0.25, 0.3) is 0 Å². The van der Waals surface area contributed by atoms with E-state index in [0.717, 1.165) is 38.2 Å². The first-order valence-electron chi connectivity index (χ1n) is 7.91. The summed E-state index contributed by atoms with van der Waals surface area (Å²) in [7, 11) is 1.61. The average Bonchev–Trinajstić information content (AvgIpc) is 2.52. The van der Waals surface area contributed by atoms with Gasteiger partial charge in [0.2, 0.25) is 0 Å². The number of Topliss-reactive ketones (excluding diaryl/α,β-unsaturated/α-hetero) is 1. The second-order valence-electron chi connectivity index (χ2n) is 6.62. The number of methoxy groups -OCH3 is 1. The van der Waals surface area contributed by atoms with Crippen molar-refractivity contribution >= 4 is 5.78 Å². The van der Waals surface area contributed by atoms with E-state index in [-0.39, 0.29) is 17.5 Å². The van der Waals surface area contributed by atoms with Crippen LogP contribution in [0.3, 0.4) is 0 Å². The van der Waals surface area contributed by atoms with E-state index >= 15 is 0 Å². The molecule has 22 heavy (non-hydrogen) atoms. The van der Waals surface area contributed by atoms with Crippen molar-refractivity contribution in [3.8, 4) is 5.75 Å². The molecule has 1 fully saturated rings. The molecule has 0 amide bonds. The molecule has 1 saturated heterocycles. The van der Waals surface area contributed by atoms with Crippen LogP contribution >= 0.6 is 0 Å². The number of ether oxygens (including phenoxy) is 3. The smallest absolute Gasteiger partial charge is 0.163 e. The molecule has 4 heteroatoms. The Kier molecular flexibility index (Phi) is 5.98. The summed E-state index contributed by atoms with van der Waals surface area (Å²) >= 11 is 0. The van der Waals surface area contributed by atoms with Gasteiger partial charge in [-0.25, -0.2) is 0 Å². The molecule has 0 spiro atoms. The molecule has 122 valence electrons. The van der Waals surface area contributed by atoms with E-state index in [0.29, 0.717) is 12.0 Å². The zero-order chi connectivity index (χ0) is 16.0. The third-order valence-electron chi connectivity index (χ3n) is 3.81. The van der Waals surface area contributed by atoms with Crippen molar-refractivity contribution in [3.05, 3.63) is 29.8 Å². The van der Waals surface area contributed by atoms with Crippen LogP contribution in [-0.4, -0.2) is 32.4 Å². The molecular formula is C18H26O4. The summed E-state index contributed by atoms with van der Waals surface area (Å²) in [5.41, 5.74) is 0.824. The van der Waals surface area contributed by atoms with Gasteiger partial charge in [0.15, 0.2) is 12.1 Å². The third kappa shape index (κ3) is 5.11. The first kappa shape index (κ1) is 17.0. The second-order valence-corrected chi connectivity index (χ2v) is 6.62. The zero-order valence-corrected chi connectivity index (χ0v) is 13.8. The van der Waals surface area contributed by atoms with E-state index < -0.39 is 0 Å². The highest BCUT2D eigenvalue weighted by atomic mass is 16.7. The molecule has 0 aromatic heterocycles. The number of rotatable bonds is 7. The van der Waals surface area contributed by atoms with Gasteiger partial charge in [-0.3, -0.25) is 4.79 Å². The van der Waals surface area contributed by atoms with Gasteiger partial charge in [-0.05, 0) is 31.4 Å². The maximum Gasteiger partial charge on any atom is 0.163 e. The van der Waals surface area contributed by atoms with E-state index in [1.807, 2.05) is 18.2 Å². The highest BCUT2D eigenvalue weighted by Gasteiger charge is 2.27. The van der Waals surface area contributed by atoms with Gasteiger partial charge in [-0.2, -0.15) is 0 Å². The molecule has 0 N–H and O–H groups in total. The largest absolute Gasteiger partial charge is 0.497 e. The molecule has 0 bridgehead atoms. The molecule has 1 heterocycles. The number of hydrogen-bond donors (Lipinski definition) is 0. The van der Waals surface area contributed by atoms with Gasteiger partial charge in [0.1, 0.15) is 5.75 Å². The van der Waals surface area contributed by atoms with Gasteiger partial charge in [0.05, 0.1) is 20.3 Å². The van der Waals surface area contributed by atoms with Crippen LogP contribution in [0.1, 0.15) is 49.9 Å². The Bertz CT molecular complexity index is 486. The Hall–Kier alpha value is -1.39. The van der Waals surface area contributed by atoms with E-state index in [1.165, 1.54) is 0 Å². The Balaban J connectivity index is 1.67. The van der Waals surface area contributed by atoms with Gasteiger partial charge >= 0.3 is 0 Å². The summed E-state index contributed by atoms with van der Waals surface area (Å²) in [5, 5.41) is 0. The topological polar surface area (TPSA) is 44.8 Å². The van der Waals surface area contributed by atoms with E-state index in [1.54, 1.807) is 13.2 Å². The maximum atomic E-state index is 12.1. The lowest BCUT2D eigenvalue weighted by molar-refractivity contribution is -0.224. The van der Waals surface area contributed by atoms with Crippen molar-refractivity contribution in [2.45, 2.75) is 45.8 Å². The summed E-state index contributed by atoms with van der Waals surface area (Å²) in [6.45, 7) is 5.74. The Morgan fingerprint density at radius 1 is 1.27 bits per heavy atom. The number of carbonyl (C=O) groups excluding carboxylic acids is 1. The van der Waals surface area contributed by atoms with Crippen molar-refractivity contribution in [1.29, 1.82) is 0 Å². The van der Waals surface area contributed by atoms with Crippen molar-refractivity contribution in [2.24, 2.45) is 5.41 Å².